The van der Waals surface area contributed by atoms with Gasteiger partial charge in [-0.2, -0.15) is 0 Å². The predicted molar refractivity (Wildman–Crippen MR) is 77.2 cm³/mol. The molecule has 0 saturated carbocycles. The van der Waals surface area contributed by atoms with Gasteiger partial charge in [-0.3, -0.25) is 4.98 Å². The molecule has 0 unspecified atom stereocenters. The monoisotopic (exact) mass is 255 g/mol. The van der Waals surface area contributed by atoms with Gasteiger partial charge in [-0.25, -0.2) is 0 Å². The highest BCUT2D eigenvalue weighted by Gasteiger charge is 2.03. The standard InChI is InChI=1S/C16H17NO2/c1-11-6-14(10-15(7-11)19-3)16(18)9-13-4-5-17-12(2)8-13/h4-10,18H,1-3H3/b16-9+. The summed E-state index contributed by atoms with van der Waals surface area (Å²) in [5.74, 6) is 0.952. The molecule has 1 heterocycles. The lowest BCUT2D eigenvalue weighted by molar-refractivity contribution is 0.413. The summed E-state index contributed by atoms with van der Waals surface area (Å²) in [6.45, 7) is 3.89. The number of aliphatic hydroxyl groups excluding tert-OH is 1. The Morgan fingerprint density at radius 1 is 1.21 bits per heavy atom. The van der Waals surface area contributed by atoms with E-state index in [9.17, 15) is 5.11 Å². The topological polar surface area (TPSA) is 42.4 Å². The van der Waals surface area contributed by atoms with Crippen LogP contribution in [0.15, 0.2) is 36.5 Å². The van der Waals surface area contributed by atoms with Gasteiger partial charge < -0.3 is 9.84 Å². The molecule has 0 aliphatic carbocycles. The molecule has 0 amide bonds. The minimum absolute atomic E-state index is 0.215. The van der Waals surface area contributed by atoms with Crippen molar-refractivity contribution in [2.45, 2.75) is 13.8 Å². The van der Waals surface area contributed by atoms with E-state index < -0.39 is 0 Å². The molecule has 0 aliphatic heterocycles. The van der Waals surface area contributed by atoms with Crippen LogP contribution in [0, 0.1) is 13.8 Å². The van der Waals surface area contributed by atoms with Crippen molar-refractivity contribution < 1.29 is 9.84 Å². The van der Waals surface area contributed by atoms with E-state index in [1.54, 1.807) is 19.4 Å². The Bertz CT molecular complexity index is 618. The number of methoxy groups -OCH3 is 1. The summed E-state index contributed by atoms with van der Waals surface area (Å²) >= 11 is 0. The number of aromatic nitrogens is 1. The summed E-state index contributed by atoms with van der Waals surface area (Å²) in [5, 5.41) is 10.2. The molecule has 98 valence electrons. The number of ether oxygens (including phenoxy) is 1. The smallest absolute Gasteiger partial charge is 0.123 e. The van der Waals surface area contributed by atoms with Gasteiger partial charge in [0.05, 0.1) is 7.11 Å². The summed E-state index contributed by atoms with van der Waals surface area (Å²) in [7, 11) is 1.62. The average molecular weight is 255 g/mol. The average Bonchev–Trinajstić information content (AvgIpc) is 2.38. The van der Waals surface area contributed by atoms with E-state index in [1.165, 1.54) is 0 Å². The van der Waals surface area contributed by atoms with E-state index in [0.29, 0.717) is 0 Å². The normalized spacial score (nSPS) is 11.4. The molecule has 0 bridgehead atoms. The van der Waals surface area contributed by atoms with E-state index >= 15 is 0 Å². The van der Waals surface area contributed by atoms with Crippen molar-refractivity contribution in [1.82, 2.24) is 4.98 Å². The second-order valence-electron chi connectivity index (χ2n) is 4.50. The predicted octanol–water partition coefficient (Wildman–Crippen LogP) is 3.76. The summed E-state index contributed by atoms with van der Waals surface area (Å²) < 4.78 is 5.21. The molecule has 1 N–H and O–H groups in total. The Kier molecular flexibility index (Phi) is 3.85. The molecule has 0 fully saturated rings. The molecule has 0 saturated heterocycles. The van der Waals surface area contributed by atoms with Crippen molar-refractivity contribution >= 4 is 11.8 Å². The number of nitrogens with zero attached hydrogens (tertiary/aromatic N) is 1. The third-order valence-electron chi connectivity index (χ3n) is 2.81. The molecule has 0 radical (unpaired) electrons. The highest BCUT2D eigenvalue weighted by atomic mass is 16.5. The lowest BCUT2D eigenvalue weighted by Gasteiger charge is -2.06. The maximum absolute atomic E-state index is 10.2. The number of hydrogen-bond donors (Lipinski definition) is 1. The molecule has 2 aromatic rings. The Morgan fingerprint density at radius 3 is 2.68 bits per heavy atom. The quantitative estimate of drug-likeness (QED) is 0.849. The highest BCUT2D eigenvalue weighted by Crippen LogP contribution is 2.22. The number of aryl methyl sites for hydroxylation is 2. The number of pyridine rings is 1. The van der Waals surface area contributed by atoms with Crippen LogP contribution < -0.4 is 4.74 Å². The van der Waals surface area contributed by atoms with Crippen molar-refractivity contribution in [1.29, 1.82) is 0 Å². The second-order valence-corrected chi connectivity index (χ2v) is 4.50. The zero-order valence-corrected chi connectivity index (χ0v) is 11.3. The van der Waals surface area contributed by atoms with E-state index in [4.69, 9.17) is 4.74 Å². The van der Waals surface area contributed by atoms with Gasteiger partial charge in [0.1, 0.15) is 11.5 Å². The lowest BCUT2D eigenvalue weighted by Crippen LogP contribution is -1.89. The number of aliphatic hydroxyl groups is 1. The number of benzene rings is 1. The minimum Gasteiger partial charge on any atom is -0.507 e. The van der Waals surface area contributed by atoms with Crippen molar-refractivity contribution in [2.24, 2.45) is 0 Å². The van der Waals surface area contributed by atoms with Gasteiger partial charge in [0.15, 0.2) is 0 Å². The maximum Gasteiger partial charge on any atom is 0.123 e. The van der Waals surface area contributed by atoms with Crippen LogP contribution in [0.25, 0.3) is 11.8 Å². The fraction of sp³-hybridized carbons (Fsp3) is 0.188. The van der Waals surface area contributed by atoms with Gasteiger partial charge >= 0.3 is 0 Å². The molecule has 0 spiro atoms. The Labute approximate surface area is 113 Å². The van der Waals surface area contributed by atoms with Crippen molar-refractivity contribution in [3.05, 3.63) is 58.9 Å². The molecule has 19 heavy (non-hydrogen) atoms. The molecule has 0 atom stereocenters. The fourth-order valence-corrected chi connectivity index (χ4v) is 1.91. The largest absolute Gasteiger partial charge is 0.507 e. The molecule has 1 aromatic heterocycles. The molecular weight excluding hydrogens is 238 g/mol. The zero-order valence-electron chi connectivity index (χ0n) is 11.3. The Balaban J connectivity index is 2.38. The fourth-order valence-electron chi connectivity index (χ4n) is 1.91. The SMILES string of the molecule is COc1cc(C)cc(/C(O)=C\c2ccnc(C)c2)c1. The Morgan fingerprint density at radius 2 is 2.00 bits per heavy atom. The maximum atomic E-state index is 10.2. The van der Waals surface area contributed by atoms with Crippen molar-refractivity contribution in [2.75, 3.05) is 7.11 Å². The Hall–Kier alpha value is -2.29. The van der Waals surface area contributed by atoms with Gasteiger partial charge in [0.2, 0.25) is 0 Å². The van der Waals surface area contributed by atoms with E-state index in [2.05, 4.69) is 4.98 Å². The van der Waals surface area contributed by atoms with Gasteiger partial charge in [0.25, 0.3) is 0 Å². The van der Waals surface area contributed by atoms with Gasteiger partial charge in [-0.15, -0.1) is 0 Å². The van der Waals surface area contributed by atoms with Gasteiger partial charge in [0, 0.05) is 17.5 Å². The van der Waals surface area contributed by atoms with Crippen LogP contribution >= 0.6 is 0 Å². The van der Waals surface area contributed by atoms with Crippen LogP contribution in [0.4, 0.5) is 0 Å². The third-order valence-corrected chi connectivity index (χ3v) is 2.81. The van der Waals surface area contributed by atoms with Crippen LogP contribution in [0.1, 0.15) is 22.4 Å². The van der Waals surface area contributed by atoms with Gasteiger partial charge in [-0.05, 0) is 61.4 Å². The van der Waals surface area contributed by atoms with Crippen molar-refractivity contribution in [3.63, 3.8) is 0 Å². The summed E-state index contributed by atoms with van der Waals surface area (Å²) in [4.78, 5) is 4.13. The number of hydrogen-bond acceptors (Lipinski definition) is 3. The van der Waals surface area contributed by atoms with Crippen LogP contribution in [0.5, 0.6) is 5.75 Å². The van der Waals surface area contributed by atoms with Crippen LogP contribution in [0.3, 0.4) is 0 Å². The minimum atomic E-state index is 0.215. The van der Waals surface area contributed by atoms with E-state index in [1.807, 2.05) is 44.2 Å². The van der Waals surface area contributed by atoms with Crippen LogP contribution in [0.2, 0.25) is 0 Å². The summed E-state index contributed by atoms with van der Waals surface area (Å²) in [5.41, 5.74) is 3.63. The van der Waals surface area contributed by atoms with Crippen molar-refractivity contribution in [3.8, 4) is 5.75 Å². The first-order chi connectivity index (χ1) is 9.08. The van der Waals surface area contributed by atoms with Gasteiger partial charge in [-0.1, -0.05) is 0 Å². The van der Waals surface area contributed by atoms with Crippen LogP contribution in [-0.2, 0) is 0 Å². The third kappa shape index (κ3) is 3.35. The molecule has 3 heteroatoms. The molecule has 1 aromatic carbocycles. The first kappa shape index (κ1) is 13.1. The highest BCUT2D eigenvalue weighted by molar-refractivity contribution is 5.77. The zero-order chi connectivity index (χ0) is 13.8. The first-order valence-electron chi connectivity index (χ1n) is 6.08. The number of rotatable bonds is 3. The molecule has 0 aliphatic rings. The van der Waals surface area contributed by atoms with E-state index in [0.717, 1.165) is 28.1 Å². The summed E-state index contributed by atoms with van der Waals surface area (Å²) in [6.07, 6.45) is 3.45. The second kappa shape index (κ2) is 5.57. The lowest BCUT2D eigenvalue weighted by atomic mass is 10.1. The first-order valence-corrected chi connectivity index (χ1v) is 6.08. The van der Waals surface area contributed by atoms with E-state index in [-0.39, 0.29) is 5.76 Å². The van der Waals surface area contributed by atoms with Crippen LogP contribution in [-0.4, -0.2) is 17.2 Å². The summed E-state index contributed by atoms with van der Waals surface area (Å²) in [6, 6.07) is 9.43. The molecule has 3 nitrogen and oxygen atoms in total. The molecular formula is C16H17NO2. The molecule has 2 rings (SSSR count).